The summed E-state index contributed by atoms with van der Waals surface area (Å²) in [5, 5.41) is 10.6. The molecule has 0 aromatic carbocycles. The smallest absolute Gasteiger partial charge is 0.191 e. The van der Waals surface area contributed by atoms with Crippen LogP contribution in [0.3, 0.4) is 0 Å². The molecule has 0 radical (unpaired) electrons. The first kappa shape index (κ1) is 15.5. The van der Waals surface area contributed by atoms with Crippen molar-refractivity contribution in [3.63, 3.8) is 0 Å². The van der Waals surface area contributed by atoms with Crippen LogP contribution in [0.25, 0.3) is 0 Å². The molecule has 0 atom stereocenters. The minimum Gasteiger partial charge on any atom is -0.377 e. The Balaban J connectivity index is 2.41. The van der Waals surface area contributed by atoms with Gasteiger partial charge in [0.1, 0.15) is 0 Å². The zero-order valence-corrected chi connectivity index (χ0v) is 12.3. The molecule has 1 heterocycles. The van der Waals surface area contributed by atoms with Crippen LogP contribution < -0.4 is 10.6 Å². The van der Waals surface area contributed by atoms with Crippen LogP contribution in [0.5, 0.6) is 0 Å². The van der Waals surface area contributed by atoms with Gasteiger partial charge >= 0.3 is 0 Å². The topological polar surface area (TPSA) is 63.5 Å². The predicted molar refractivity (Wildman–Crippen MR) is 77.3 cm³/mol. The van der Waals surface area contributed by atoms with Crippen LogP contribution in [0, 0.1) is 0 Å². The normalized spacial score (nSPS) is 12.5. The summed E-state index contributed by atoms with van der Waals surface area (Å²) in [4.78, 5) is 4.51. The summed E-state index contributed by atoms with van der Waals surface area (Å²) in [5.74, 6) is 0.805. The average Bonchev–Trinajstić information content (AvgIpc) is 2.89. The third-order valence-corrected chi connectivity index (χ3v) is 2.71. The van der Waals surface area contributed by atoms with Crippen LogP contribution in [0.15, 0.2) is 23.5 Å². The van der Waals surface area contributed by atoms with Crippen molar-refractivity contribution in [2.75, 3.05) is 26.7 Å². The predicted octanol–water partition coefficient (Wildman–Crippen LogP) is 0.863. The number of ether oxygens (including phenoxy) is 1. The second kappa shape index (κ2) is 7.78. The van der Waals surface area contributed by atoms with E-state index in [1.165, 1.54) is 0 Å². The van der Waals surface area contributed by atoms with Crippen molar-refractivity contribution in [2.24, 2.45) is 4.99 Å². The molecule has 0 spiro atoms. The van der Waals surface area contributed by atoms with Crippen molar-refractivity contribution in [1.82, 2.24) is 20.4 Å². The SMILES string of the molecule is CCNC(=NCC(C)(C)OC)NCCn1cccn1. The van der Waals surface area contributed by atoms with Crippen LogP contribution in [0.2, 0.25) is 0 Å². The fraction of sp³-hybridized carbons (Fsp3) is 0.692. The van der Waals surface area contributed by atoms with Gasteiger partial charge in [0.2, 0.25) is 0 Å². The number of hydrogen-bond donors (Lipinski definition) is 2. The maximum Gasteiger partial charge on any atom is 0.191 e. The molecular formula is C13H25N5O. The molecule has 1 rings (SSSR count). The molecule has 0 aliphatic rings. The number of rotatable bonds is 7. The van der Waals surface area contributed by atoms with E-state index in [1.807, 2.05) is 37.7 Å². The molecule has 0 aliphatic heterocycles. The number of nitrogens with zero attached hydrogens (tertiary/aromatic N) is 3. The fourth-order valence-corrected chi connectivity index (χ4v) is 1.40. The maximum absolute atomic E-state index is 5.35. The summed E-state index contributed by atoms with van der Waals surface area (Å²) in [5.41, 5.74) is -0.246. The molecule has 19 heavy (non-hydrogen) atoms. The summed E-state index contributed by atoms with van der Waals surface area (Å²) < 4.78 is 7.24. The minimum atomic E-state index is -0.246. The Morgan fingerprint density at radius 1 is 1.42 bits per heavy atom. The Bertz CT molecular complexity index is 372. The molecule has 0 aliphatic carbocycles. The highest BCUT2D eigenvalue weighted by atomic mass is 16.5. The van der Waals surface area contributed by atoms with Crippen LogP contribution in [0.4, 0.5) is 0 Å². The lowest BCUT2D eigenvalue weighted by Crippen LogP contribution is -2.40. The van der Waals surface area contributed by atoms with E-state index in [9.17, 15) is 0 Å². The van der Waals surface area contributed by atoms with Crippen molar-refractivity contribution in [3.05, 3.63) is 18.5 Å². The van der Waals surface area contributed by atoms with Crippen molar-refractivity contribution < 1.29 is 4.74 Å². The summed E-state index contributed by atoms with van der Waals surface area (Å²) >= 11 is 0. The quantitative estimate of drug-likeness (QED) is 0.568. The van der Waals surface area contributed by atoms with Gasteiger partial charge in [0.25, 0.3) is 0 Å². The van der Waals surface area contributed by atoms with Gasteiger partial charge in [0.15, 0.2) is 5.96 Å². The molecule has 0 saturated heterocycles. The van der Waals surface area contributed by atoms with E-state index in [1.54, 1.807) is 13.3 Å². The molecule has 6 heteroatoms. The average molecular weight is 267 g/mol. The van der Waals surface area contributed by atoms with E-state index in [0.29, 0.717) is 6.54 Å². The standard InChI is InChI=1S/C13H25N5O/c1-5-14-12(16-11-13(2,3)19-4)15-8-10-18-9-6-7-17-18/h6-7,9H,5,8,10-11H2,1-4H3,(H2,14,15,16). The van der Waals surface area contributed by atoms with Crippen molar-refractivity contribution >= 4 is 5.96 Å². The molecule has 1 aromatic rings. The Hall–Kier alpha value is -1.56. The van der Waals surface area contributed by atoms with E-state index >= 15 is 0 Å². The number of nitrogens with one attached hydrogen (secondary N) is 2. The summed E-state index contributed by atoms with van der Waals surface area (Å²) in [6, 6.07) is 1.92. The molecule has 0 saturated carbocycles. The highest BCUT2D eigenvalue weighted by Gasteiger charge is 2.15. The molecule has 0 unspecified atom stereocenters. The molecule has 2 N–H and O–H groups in total. The number of guanidine groups is 1. The van der Waals surface area contributed by atoms with Crippen LogP contribution >= 0.6 is 0 Å². The zero-order valence-electron chi connectivity index (χ0n) is 12.3. The van der Waals surface area contributed by atoms with Gasteiger partial charge in [0, 0.05) is 32.6 Å². The lowest BCUT2D eigenvalue weighted by molar-refractivity contribution is 0.0310. The monoisotopic (exact) mass is 267 g/mol. The van der Waals surface area contributed by atoms with E-state index in [4.69, 9.17) is 4.74 Å². The van der Waals surface area contributed by atoms with E-state index in [2.05, 4.69) is 20.7 Å². The Morgan fingerprint density at radius 3 is 2.79 bits per heavy atom. The van der Waals surface area contributed by atoms with Gasteiger partial charge in [-0.25, -0.2) is 0 Å². The number of hydrogen-bond acceptors (Lipinski definition) is 3. The number of aromatic nitrogens is 2. The molecule has 6 nitrogen and oxygen atoms in total. The summed E-state index contributed by atoms with van der Waals surface area (Å²) in [6.07, 6.45) is 3.72. The summed E-state index contributed by atoms with van der Waals surface area (Å²) in [7, 11) is 1.70. The van der Waals surface area contributed by atoms with Crippen molar-refractivity contribution in [2.45, 2.75) is 32.9 Å². The van der Waals surface area contributed by atoms with Gasteiger partial charge in [-0.3, -0.25) is 9.67 Å². The van der Waals surface area contributed by atoms with Crippen LogP contribution in [-0.4, -0.2) is 48.1 Å². The lowest BCUT2D eigenvalue weighted by Gasteiger charge is -2.21. The van der Waals surface area contributed by atoms with Crippen molar-refractivity contribution in [1.29, 1.82) is 0 Å². The van der Waals surface area contributed by atoms with E-state index in [-0.39, 0.29) is 5.60 Å². The second-order valence-corrected chi connectivity index (χ2v) is 4.85. The maximum atomic E-state index is 5.35. The van der Waals surface area contributed by atoms with Gasteiger partial charge < -0.3 is 15.4 Å². The van der Waals surface area contributed by atoms with E-state index < -0.39 is 0 Å². The van der Waals surface area contributed by atoms with Crippen LogP contribution in [-0.2, 0) is 11.3 Å². The van der Waals surface area contributed by atoms with Gasteiger partial charge in [-0.2, -0.15) is 5.10 Å². The Labute approximate surface area is 115 Å². The molecule has 108 valence electrons. The van der Waals surface area contributed by atoms with Gasteiger partial charge in [-0.15, -0.1) is 0 Å². The fourth-order valence-electron chi connectivity index (χ4n) is 1.40. The first-order valence-corrected chi connectivity index (χ1v) is 6.62. The number of methoxy groups -OCH3 is 1. The molecule has 1 aromatic heterocycles. The van der Waals surface area contributed by atoms with Gasteiger partial charge in [-0.1, -0.05) is 0 Å². The third kappa shape index (κ3) is 6.24. The lowest BCUT2D eigenvalue weighted by atomic mass is 10.1. The highest BCUT2D eigenvalue weighted by Crippen LogP contribution is 2.06. The third-order valence-electron chi connectivity index (χ3n) is 2.71. The molecular weight excluding hydrogens is 242 g/mol. The van der Waals surface area contributed by atoms with Crippen molar-refractivity contribution in [3.8, 4) is 0 Å². The molecule has 0 bridgehead atoms. The highest BCUT2D eigenvalue weighted by molar-refractivity contribution is 5.79. The van der Waals surface area contributed by atoms with Gasteiger partial charge in [-0.05, 0) is 26.8 Å². The molecule has 0 fully saturated rings. The van der Waals surface area contributed by atoms with E-state index in [0.717, 1.165) is 25.6 Å². The Kier molecular flexibility index (Phi) is 6.35. The first-order valence-electron chi connectivity index (χ1n) is 6.62. The first-order chi connectivity index (χ1) is 9.07. The minimum absolute atomic E-state index is 0.246. The zero-order chi connectivity index (χ0) is 14.1. The van der Waals surface area contributed by atoms with Gasteiger partial charge in [0.05, 0.1) is 18.7 Å². The number of aliphatic imine (C=N–C) groups is 1. The van der Waals surface area contributed by atoms with Crippen LogP contribution in [0.1, 0.15) is 20.8 Å². The summed E-state index contributed by atoms with van der Waals surface area (Å²) in [6.45, 7) is 9.12. The second-order valence-electron chi connectivity index (χ2n) is 4.85. The largest absolute Gasteiger partial charge is 0.377 e. The molecule has 0 amide bonds. The Morgan fingerprint density at radius 2 is 2.21 bits per heavy atom.